The molecule has 19 heavy (non-hydrogen) atoms. The number of benzene rings is 1. The number of rotatable bonds is 0. The third kappa shape index (κ3) is 7.03. The largest absolute Gasteiger partial charge is 0.378 e. The van der Waals surface area contributed by atoms with Gasteiger partial charge in [0.1, 0.15) is 11.2 Å². The Morgan fingerprint density at radius 1 is 0.842 bits per heavy atom. The molecule has 1 rings (SSSR count). The van der Waals surface area contributed by atoms with Crippen molar-refractivity contribution in [1.29, 1.82) is 0 Å². The monoisotopic (exact) mass is 320 g/mol. The Hall–Kier alpha value is -1.26. The first-order valence-corrected chi connectivity index (χ1v) is 6.66. The molecule has 0 aromatic heterocycles. The normalized spacial score (nSPS) is 11.1. The van der Waals surface area contributed by atoms with Crippen LogP contribution >= 0.6 is 15.9 Å². The van der Waals surface area contributed by atoms with Gasteiger partial charge in [0.2, 0.25) is 0 Å². The molecule has 100 valence electrons. The minimum Gasteiger partial charge on any atom is -0.378 e. The molecule has 0 amide bonds. The van der Waals surface area contributed by atoms with Gasteiger partial charge in [-0.15, -0.1) is 0 Å². The second-order valence-electron chi connectivity index (χ2n) is 5.35. The van der Waals surface area contributed by atoms with E-state index in [1.165, 1.54) is 0 Å². The van der Waals surface area contributed by atoms with Crippen molar-refractivity contribution in [2.75, 3.05) is 0 Å². The zero-order valence-corrected chi connectivity index (χ0v) is 13.1. The lowest BCUT2D eigenvalue weighted by Gasteiger charge is -2.07. The lowest BCUT2D eigenvalue weighted by Crippen LogP contribution is -2.14. The maximum Gasteiger partial charge on any atom is 0.120 e. The van der Waals surface area contributed by atoms with E-state index in [1.54, 1.807) is 27.7 Å². The highest BCUT2D eigenvalue weighted by Crippen LogP contribution is 2.15. The summed E-state index contributed by atoms with van der Waals surface area (Å²) < 4.78 is 0.857. The Labute approximate surface area is 123 Å². The molecule has 0 aliphatic rings. The maximum absolute atomic E-state index is 9.58. The van der Waals surface area contributed by atoms with Crippen LogP contribution in [0.5, 0.6) is 0 Å². The van der Waals surface area contributed by atoms with Gasteiger partial charge in [-0.2, -0.15) is 0 Å². The molecule has 2 nitrogen and oxygen atoms in total. The van der Waals surface area contributed by atoms with Crippen molar-refractivity contribution in [1.82, 2.24) is 0 Å². The van der Waals surface area contributed by atoms with E-state index in [-0.39, 0.29) is 0 Å². The van der Waals surface area contributed by atoms with Crippen molar-refractivity contribution < 1.29 is 10.2 Å². The van der Waals surface area contributed by atoms with Gasteiger partial charge in [0, 0.05) is 15.6 Å². The van der Waals surface area contributed by atoms with Gasteiger partial charge in [0.05, 0.1) is 0 Å². The first-order chi connectivity index (χ1) is 8.55. The van der Waals surface area contributed by atoms with Gasteiger partial charge < -0.3 is 10.2 Å². The molecule has 0 saturated heterocycles. The van der Waals surface area contributed by atoms with Gasteiger partial charge in [-0.25, -0.2) is 0 Å². The summed E-state index contributed by atoms with van der Waals surface area (Å²) in [5, 5.41) is 19.2. The molecule has 1 aromatic carbocycles. The quantitative estimate of drug-likeness (QED) is 0.721. The second kappa shape index (κ2) is 5.80. The van der Waals surface area contributed by atoms with Gasteiger partial charge in [-0.3, -0.25) is 0 Å². The fraction of sp³-hybridized carbons (Fsp3) is 0.375. The zero-order valence-electron chi connectivity index (χ0n) is 11.5. The van der Waals surface area contributed by atoms with Crippen LogP contribution in [0.15, 0.2) is 22.7 Å². The molecule has 2 N–H and O–H groups in total. The van der Waals surface area contributed by atoms with Crippen molar-refractivity contribution in [3.8, 4) is 23.7 Å². The number of hydrogen-bond donors (Lipinski definition) is 2. The molecule has 1 aromatic rings. The summed E-state index contributed by atoms with van der Waals surface area (Å²) in [5.74, 6) is 11.3. The number of aliphatic hydroxyl groups is 2. The minimum atomic E-state index is -1.03. The Morgan fingerprint density at radius 2 is 1.21 bits per heavy atom. The lowest BCUT2D eigenvalue weighted by atomic mass is 10.1. The van der Waals surface area contributed by atoms with Crippen molar-refractivity contribution in [3.05, 3.63) is 33.8 Å². The molecular formula is C16H17BrO2. The molecule has 0 fully saturated rings. The van der Waals surface area contributed by atoms with Gasteiger partial charge in [-0.05, 0) is 45.9 Å². The fourth-order valence-electron chi connectivity index (χ4n) is 1.18. The Kier molecular flexibility index (Phi) is 4.82. The van der Waals surface area contributed by atoms with Crippen LogP contribution in [-0.4, -0.2) is 21.4 Å². The van der Waals surface area contributed by atoms with Gasteiger partial charge >= 0.3 is 0 Å². The third-order valence-electron chi connectivity index (χ3n) is 1.92. The number of hydrogen-bond acceptors (Lipinski definition) is 2. The average Bonchev–Trinajstić information content (AvgIpc) is 2.21. The second-order valence-corrected chi connectivity index (χ2v) is 6.26. The summed E-state index contributed by atoms with van der Waals surface area (Å²) in [7, 11) is 0. The number of halogens is 1. The average molecular weight is 321 g/mol. The van der Waals surface area contributed by atoms with Gasteiger partial charge in [-0.1, -0.05) is 39.6 Å². The fourth-order valence-corrected chi connectivity index (χ4v) is 1.68. The molecule has 0 aliphatic heterocycles. The van der Waals surface area contributed by atoms with E-state index in [0.29, 0.717) is 0 Å². The van der Waals surface area contributed by atoms with Crippen molar-refractivity contribution in [2.45, 2.75) is 38.9 Å². The van der Waals surface area contributed by atoms with Crippen LogP contribution in [0.1, 0.15) is 38.8 Å². The van der Waals surface area contributed by atoms with Crippen LogP contribution < -0.4 is 0 Å². The molecule has 0 unspecified atom stereocenters. The van der Waals surface area contributed by atoms with Gasteiger partial charge in [0.15, 0.2) is 0 Å². The zero-order chi connectivity index (χ0) is 14.7. The predicted octanol–water partition coefficient (Wildman–Crippen LogP) is 2.69. The topological polar surface area (TPSA) is 40.5 Å². The minimum absolute atomic E-state index is 0.761. The first-order valence-electron chi connectivity index (χ1n) is 5.87. The van der Waals surface area contributed by atoms with E-state index in [9.17, 15) is 10.2 Å². The lowest BCUT2D eigenvalue weighted by molar-refractivity contribution is 0.143. The summed E-state index contributed by atoms with van der Waals surface area (Å²) >= 11 is 3.39. The van der Waals surface area contributed by atoms with Crippen molar-refractivity contribution >= 4 is 15.9 Å². The predicted molar refractivity (Wildman–Crippen MR) is 80.5 cm³/mol. The molecule has 0 atom stereocenters. The maximum atomic E-state index is 9.58. The SMILES string of the molecule is CC(C)(O)C#Cc1cc(Br)cc(C#CC(C)(C)O)c1. The van der Waals surface area contributed by atoms with Gasteiger partial charge in [0.25, 0.3) is 0 Å². The van der Waals surface area contributed by atoms with E-state index in [4.69, 9.17) is 0 Å². The van der Waals surface area contributed by atoms with Crippen LogP contribution in [0, 0.1) is 23.7 Å². The van der Waals surface area contributed by atoms with E-state index in [1.807, 2.05) is 18.2 Å². The van der Waals surface area contributed by atoms with E-state index in [2.05, 4.69) is 39.6 Å². The highest BCUT2D eigenvalue weighted by Gasteiger charge is 2.07. The molecule has 0 saturated carbocycles. The summed E-state index contributed by atoms with van der Waals surface area (Å²) in [6, 6.07) is 5.53. The summed E-state index contributed by atoms with van der Waals surface area (Å²) in [4.78, 5) is 0. The molecule has 0 heterocycles. The molecule has 0 bridgehead atoms. The van der Waals surface area contributed by atoms with Crippen molar-refractivity contribution in [2.24, 2.45) is 0 Å². The standard InChI is InChI=1S/C16H17BrO2/c1-15(2,18)7-5-12-9-13(11-14(17)10-12)6-8-16(3,4)19/h9-11,18-19H,1-4H3. The van der Waals surface area contributed by atoms with E-state index >= 15 is 0 Å². The van der Waals surface area contributed by atoms with Crippen LogP contribution in [0.4, 0.5) is 0 Å². The summed E-state index contributed by atoms with van der Waals surface area (Å²) in [5.41, 5.74) is -0.532. The molecule has 0 spiro atoms. The molecule has 0 radical (unpaired) electrons. The summed E-state index contributed by atoms with van der Waals surface area (Å²) in [6.45, 7) is 6.53. The van der Waals surface area contributed by atoms with Crippen LogP contribution in [0.2, 0.25) is 0 Å². The molecule has 0 aliphatic carbocycles. The Bertz CT molecular complexity index is 531. The molecule has 3 heteroatoms. The van der Waals surface area contributed by atoms with Crippen LogP contribution in [0.25, 0.3) is 0 Å². The highest BCUT2D eigenvalue weighted by molar-refractivity contribution is 9.10. The smallest absolute Gasteiger partial charge is 0.120 e. The third-order valence-corrected chi connectivity index (χ3v) is 2.38. The highest BCUT2D eigenvalue weighted by atomic mass is 79.9. The van der Waals surface area contributed by atoms with Crippen LogP contribution in [-0.2, 0) is 0 Å². The summed E-state index contributed by atoms with van der Waals surface area (Å²) in [6.07, 6.45) is 0. The first kappa shape index (κ1) is 15.8. The van der Waals surface area contributed by atoms with E-state index in [0.717, 1.165) is 15.6 Å². The Morgan fingerprint density at radius 3 is 1.53 bits per heavy atom. The Balaban J connectivity index is 3.13. The van der Waals surface area contributed by atoms with E-state index < -0.39 is 11.2 Å². The van der Waals surface area contributed by atoms with Crippen LogP contribution in [0.3, 0.4) is 0 Å². The molecular weight excluding hydrogens is 304 g/mol. The van der Waals surface area contributed by atoms with Crippen molar-refractivity contribution in [3.63, 3.8) is 0 Å².